The number of carbonyl (C=O) groups is 1. The van der Waals surface area contributed by atoms with E-state index in [2.05, 4.69) is 5.32 Å². The molecular weight excluding hydrogens is 315 g/mol. The molecule has 2 aromatic rings. The van der Waals surface area contributed by atoms with Crippen molar-refractivity contribution in [3.8, 4) is 0 Å². The SMILES string of the molecule is Cc1ccc(Cl)c(NC(=O)c2cc([N+](=O)[O-])ccc2Cl)c1. The van der Waals surface area contributed by atoms with Crippen molar-refractivity contribution in [3.63, 3.8) is 0 Å². The predicted octanol–water partition coefficient (Wildman–Crippen LogP) is 4.46. The van der Waals surface area contributed by atoms with E-state index in [1.807, 2.05) is 6.92 Å². The van der Waals surface area contributed by atoms with E-state index in [-0.39, 0.29) is 16.3 Å². The van der Waals surface area contributed by atoms with Gasteiger partial charge in [0.05, 0.1) is 26.2 Å². The average Bonchev–Trinajstić information content (AvgIpc) is 2.43. The molecule has 5 nitrogen and oxygen atoms in total. The average molecular weight is 325 g/mol. The lowest BCUT2D eigenvalue weighted by Gasteiger charge is -2.09. The van der Waals surface area contributed by atoms with Gasteiger partial charge in [0.15, 0.2) is 0 Å². The van der Waals surface area contributed by atoms with Gasteiger partial charge in [-0.25, -0.2) is 0 Å². The van der Waals surface area contributed by atoms with Gasteiger partial charge < -0.3 is 5.32 Å². The number of halogens is 2. The van der Waals surface area contributed by atoms with Crippen molar-refractivity contribution in [1.29, 1.82) is 0 Å². The van der Waals surface area contributed by atoms with Gasteiger partial charge in [-0.2, -0.15) is 0 Å². The third kappa shape index (κ3) is 3.51. The fourth-order valence-electron chi connectivity index (χ4n) is 1.73. The number of nitro benzene ring substituents is 1. The molecule has 0 aliphatic carbocycles. The van der Waals surface area contributed by atoms with Gasteiger partial charge in [-0.3, -0.25) is 14.9 Å². The van der Waals surface area contributed by atoms with Crippen LogP contribution in [0.1, 0.15) is 15.9 Å². The van der Waals surface area contributed by atoms with Gasteiger partial charge >= 0.3 is 0 Å². The van der Waals surface area contributed by atoms with Gasteiger partial charge in [0, 0.05) is 12.1 Å². The molecule has 0 bridgehead atoms. The summed E-state index contributed by atoms with van der Waals surface area (Å²) in [6.45, 7) is 1.85. The Hall–Kier alpha value is -2.11. The largest absolute Gasteiger partial charge is 0.321 e. The van der Waals surface area contributed by atoms with Crippen LogP contribution in [0, 0.1) is 17.0 Å². The lowest BCUT2D eigenvalue weighted by atomic mass is 10.1. The number of nitro groups is 1. The van der Waals surface area contributed by atoms with Crippen molar-refractivity contribution in [1.82, 2.24) is 0 Å². The fraction of sp³-hybridized carbons (Fsp3) is 0.0714. The summed E-state index contributed by atoms with van der Waals surface area (Å²) >= 11 is 11.9. The molecule has 0 saturated heterocycles. The molecule has 0 fully saturated rings. The number of aryl methyl sites for hydroxylation is 1. The minimum atomic E-state index is -0.591. The van der Waals surface area contributed by atoms with Crippen LogP contribution in [0.25, 0.3) is 0 Å². The molecule has 1 N–H and O–H groups in total. The summed E-state index contributed by atoms with van der Waals surface area (Å²) < 4.78 is 0. The van der Waals surface area contributed by atoms with Crippen LogP contribution in [0.3, 0.4) is 0 Å². The van der Waals surface area contributed by atoms with Crippen LogP contribution in [0.4, 0.5) is 11.4 Å². The molecule has 0 unspecified atom stereocenters. The molecular formula is C14H10Cl2N2O3. The van der Waals surface area contributed by atoms with Crippen LogP contribution in [0.15, 0.2) is 36.4 Å². The Morgan fingerprint density at radius 1 is 1.14 bits per heavy atom. The quantitative estimate of drug-likeness (QED) is 0.669. The fourth-order valence-corrected chi connectivity index (χ4v) is 2.09. The Kier molecular flexibility index (Phi) is 4.45. The van der Waals surface area contributed by atoms with Crippen LogP contribution in [0.5, 0.6) is 0 Å². The number of anilines is 1. The van der Waals surface area contributed by atoms with E-state index >= 15 is 0 Å². The maximum Gasteiger partial charge on any atom is 0.270 e. The number of nitrogens with zero attached hydrogens (tertiary/aromatic N) is 1. The minimum absolute atomic E-state index is 0.0171. The van der Waals surface area contributed by atoms with Crippen LogP contribution in [-0.2, 0) is 0 Å². The number of hydrogen-bond donors (Lipinski definition) is 1. The van der Waals surface area contributed by atoms with Crippen molar-refractivity contribution >= 4 is 40.5 Å². The molecule has 0 aliphatic rings. The molecule has 0 saturated carbocycles. The maximum absolute atomic E-state index is 12.2. The van der Waals surface area contributed by atoms with E-state index in [0.29, 0.717) is 10.7 Å². The molecule has 0 aliphatic heterocycles. The first-order chi connectivity index (χ1) is 9.88. The highest BCUT2D eigenvalue weighted by atomic mass is 35.5. The Morgan fingerprint density at radius 3 is 2.48 bits per heavy atom. The van der Waals surface area contributed by atoms with Crippen LogP contribution >= 0.6 is 23.2 Å². The van der Waals surface area contributed by atoms with Crippen molar-refractivity contribution in [2.45, 2.75) is 6.92 Å². The molecule has 0 atom stereocenters. The Morgan fingerprint density at radius 2 is 1.81 bits per heavy atom. The van der Waals surface area contributed by atoms with E-state index in [9.17, 15) is 14.9 Å². The van der Waals surface area contributed by atoms with E-state index in [4.69, 9.17) is 23.2 Å². The molecule has 0 heterocycles. The Balaban J connectivity index is 2.34. The van der Waals surface area contributed by atoms with Gasteiger partial charge in [-0.1, -0.05) is 29.3 Å². The normalized spacial score (nSPS) is 10.2. The van der Waals surface area contributed by atoms with E-state index < -0.39 is 10.8 Å². The first-order valence-electron chi connectivity index (χ1n) is 5.90. The third-order valence-electron chi connectivity index (χ3n) is 2.78. The number of nitrogens with one attached hydrogen (secondary N) is 1. The van der Waals surface area contributed by atoms with Crippen LogP contribution in [0.2, 0.25) is 10.0 Å². The predicted molar refractivity (Wildman–Crippen MR) is 82.2 cm³/mol. The number of rotatable bonds is 3. The van der Waals surface area contributed by atoms with Gasteiger partial charge in [0.2, 0.25) is 0 Å². The van der Waals surface area contributed by atoms with E-state index in [1.54, 1.807) is 18.2 Å². The van der Waals surface area contributed by atoms with E-state index in [1.165, 1.54) is 12.1 Å². The zero-order chi connectivity index (χ0) is 15.6. The van der Waals surface area contributed by atoms with Crippen LogP contribution in [-0.4, -0.2) is 10.8 Å². The molecule has 2 rings (SSSR count). The number of amides is 1. The molecule has 0 radical (unpaired) electrons. The summed E-state index contributed by atoms with van der Waals surface area (Å²) in [6.07, 6.45) is 0. The molecule has 7 heteroatoms. The second-order valence-corrected chi connectivity index (χ2v) is 5.17. The van der Waals surface area contributed by atoms with Crippen molar-refractivity contribution in [3.05, 3.63) is 67.7 Å². The van der Waals surface area contributed by atoms with Gasteiger partial charge in [-0.05, 0) is 30.7 Å². The Labute approximate surface area is 130 Å². The topological polar surface area (TPSA) is 72.2 Å². The number of non-ortho nitro benzene ring substituents is 1. The minimum Gasteiger partial charge on any atom is -0.321 e. The highest BCUT2D eigenvalue weighted by Gasteiger charge is 2.16. The lowest BCUT2D eigenvalue weighted by molar-refractivity contribution is -0.384. The third-order valence-corrected chi connectivity index (χ3v) is 3.43. The summed E-state index contributed by atoms with van der Waals surface area (Å²) in [5, 5.41) is 13.8. The number of benzene rings is 2. The second kappa shape index (κ2) is 6.11. The van der Waals surface area contributed by atoms with Gasteiger partial charge in [0.25, 0.3) is 11.6 Å². The standard InChI is InChI=1S/C14H10Cl2N2O3/c1-8-2-4-12(16)13(6-8)17-14(19)10-7-9(18(20)21)3-5-11(10)15/h2-7H,1H3,(H,17,19). The highest BCUT2D eigenvalue weighted by molar-refractivity contribution is 6.36. The molecule has 0 spiro atoms. The Bertz CT molecular complexity index is 732. The first kappa shape index (κ1) is 15.3. The molecule has 0 aromatic heterocycles. The summed E-state index contributed by atoms with van der Waals surface area (Å²) in [5.74, 6) is -0.559. The van der Waals surface area contributed by atoms with Crippen molar-refractivity contribution in [2.24, 2.45) is 0 Å². The summed E-state index contributed by atoms with van der Waals surface area (Å²) in [5.41, 5.74) is 1.15. The van der Waals surface area contributed by atoms with E-state index in [0.717, 1.165) is 11.6 Å². The summed E-state index contributed by atoms with van der Waals surface area (Å²) in [4.78, 5) is 22.4. The second-order valence-electron chi connectivity index (χ2n) is 4.36. The smallest absolute Gasteiger partial charge is 0.270 e. The van der Waals surface area contributed by atoms with Gasteiger partial charge in [0.1, 0.15) is 0 Å². The molecule has 1 amide bonds. The van der Waals surface area contributed by atoms with Crippen molar-refractivity contribution in [2.75, 3.05) is 5.32 Å². The maximum atomic E-state index is 12.2. The zero-order valence-electron chi connectivity index (χ0n) is 10.9. The van der Waals surface area contributed by atoms with Crippen molar-refractivity contribution < 1.29 is 9.72 Å². The summed E-state index contributed by atoms with van der Waals surface area (Å²) in [7, 11) is 0. The molecule has 108 valence electrons. The number of carbonyl (C=O) groups excluding carboxylic acids is 1. The zero-order valence-corrected chi connectivity index (χ0v) is 12.4. The molecule has 21 heavy (non-hydrogen) atoms. The highest BCUT2D eigenvalue weighted by Crippen LogP contribution is 2.26. The summed E-state index contributed by atoms with van der Waals surface area (Å²) in [6, 6.07) is 8.83. The lowest BCUT2D eigenvalue weighted by Crippen LogP contribution is -2.13. The first-order valence-corrected chi connectivity index (χ1v) is 6.65. The number of hydrogen-bond acceptors (Lipinski definition) is 3. The van der Waals surface area contributed by atoms with Crippen LogP contribution < -0.4 is 5.32 Å². The monoisotopic (exact) mass is 324 g/mol. The van der Waals surface area contributed by atoms with Gasteiger partial charge in [-0.15, -0.1) is 0 Å². The molecule has 2 aromatic carbocycles.